The Kier molecular flexibility index (Phi) is 12.2. The molecule has 12 heteroatoms. The van der Waals surface area contributed by atoms with E-state index in [1.807, 2.05) is 0 Å². The lowest BCUT2D eigenvalue weighted by Gasteiger charge is -2.31. The van der Waals surface area contributed by atoms with Gasteiger partial charge in [0, 0.05) is 72.5 Å². The highest BCUT2D eigenvalue weighted by atomic mass is 14.9. The fourth-order valence-corrected chi connectivity index (χ4v) is 4.13. The molecule has 0 aromatic rings. The van der Waals surface area contributed by atoms with Gasteiger partial charge in [-0.3, -0.25) is 0 Å². The molecule has 0 aromatic carbocycles. The molecule has 0 aliphatic heterocycles. The summed E-state index contributed by atoms with van der Waals surface area (Å²) in [6, 6.07) is -4.16. The molecule has 1 rings (SSSR count). The standard InChI is InChI=1S/C19H50N12/c20-8-1-2-9(21)11(23)4-13(25)15(27)6-17(29)19(31)7-18(30)16(28)5-14(26)12(24)3-10(8)22/h8-19H,1-7,20-31H2. The fourth-order valence-electron chi connectivity index (χ4n) is 4.13. The summed E-state index contributed by atoms with van der Waals surface area (Å²) in [7, 11) is 0. The van der Waals surface area contributed by atoms with Crippen molar-refractivity contribution in [2.24, 2.45) is 68.8 Å². The van der Waals surface area contributed by atoms with Gasteiger partial charge in [-0.1, -0.05) is 0 Å². The van der Waals surface area contributed by atoms with Crippen LogP contribution in [0.1, 0.15) is 44.9 Å². The van der Waals surface area contributed by atoms with Crippen LogP contribution in [0, 0.1) is 0 Å². The molecule has 0 spiro atoms. The van der Waals surface area contributed by atoms with Crippen LogP contribution in [0.15, 0.2) is 0 Å². The molecule has 0 saturated heterocycles. The summed E-state index contributed by atoms with van der Waals surface area (Å²) in [6.45, 7) is 0. The molecule has 31 heavy (non-hydrogen) atoms. The molecule has 1 saturated carbocycles. The molecule has 12 atom stereocenters. The zero-order valence-corrected chi connectivity index (χ0v) is 18.8. The Morgan fingerprint density at radius 2 is 0.355 bits per heavy atom. The zero-order chi connectivity index (χ0) is 23.9. The Bertz CT molecular complexity index is 455. The lowest BCUT2D eigenvalue weighted by molar-refractivity contribution is 0.332. The summed E-state index contributed by atoms with van der Waals surface area (Å²) in [5, 5.41) is 0. The van der Waals surface area contributed by atoms with Gasteiger partial charge in [-0.25, -0.2) is 0 Å². The SMILES string of the molecule is NC1CCC(N)C(N)CC(N)C(N)CC(N)C(N)CC(N)C(N)CC(N)C(N)CC1N. The Morgan fingerprint density at radius 1 is 0.226 bits per heavy atom. The van der Waals surface area contributed by atoms with Gasteiger partial charge in [0.1, 0.15) is 0 Å². The first-order chi connectivity index (χ1) is 14.3. The predicted molar refractivity (Wildman–Crippen MR) is 128 cm³/mol. The number of hydrogen-bond donors (Lipinski definition) is 12. The van der Waals surface area contributed by atoms with Gasteiger partial charge in [0.2, 0.25) is 0 Å². The summed E-state index contributed by atoms with van der Waals surface area (Å²) in [4.78, 5) is 0. The van der Waals surface area contributed by atoms with E-state index in [-0.39, 0.29) is 72.5 Å². The minimum atomic E-state index is -0.381. The first kappa shape index (κ1) is 28.6. The molecule has 0 radical (unpaired) electrons. The van der Waals surface area contributed by atoms with Crippen molar-refractivity contribution in [2.75, 3.05) is 0 Å². The molecule has 1 fully saturated rings. The highest BCUT2D eigenvalue weighted by Crippen LogP contribution is 2.15. The Balaban J connectivity index is 2.93. The maximum atomic E-state index is 6.27. The largest absolute Gasteiger partial charge is 0.326 e. The quantitative estimate of drug-likeness (QED) is 0.166. The normalized spacial score (nSPS) is 48.4. The van der Waals surface area contributed by atoms with Crippen molar-refractivity contribution in [1.82, 2.24) is 0 Å². The second kappa shape index (κ2) is 13.3. The van der Waals surface area contributed by atoms with E-state index < -0.39 is 0 Å². The van der Waals surface area contributed by atoms with Crippen LogP contribution in [0.2, 0.25) is 0 Å². The molecule has 0 amide bonds. The second-order valence-electron chi connectivity index (χ2n) is 9.72. The minimum Gasteiger partial charge on any atom is -0.326 e. The monoisotopic (exact) mass is 446 g/mol. The molecular formula is C19H50N12. The zero-order valence-electron chi connectivity index (χ0n) is 18.8. The van der Waals surface area contributed by atoms with Crippen molar-refractivity contribution in [2.45, 2.75) is 117 Å². The van der Waals surface area contributed by atoms with E-state index in [0.29, 0.717) is 44.9 Å². The molecule has 12 unspecified atom stereocenters. The molecule has 0 bridgehead atoms. The van der Waals surface area contributed by atoms with Crippen molar-refractivity contribution in [3.05, 3.63) is 0 Å². The van der Waals surface area contributed by atoms with Crippen LogP contribution in [0.25, 0.3) is 0 Å². The van der Waals surface area contributed by atoms with E-state index in [1.165, 1.54) is 0 Å². The average Bonchev–Trinajstić information content (AvgIpc) is 2.70. The summed E-state index contributed by atoms with van der Waals surface area (Å²) in [6.07, 6.45) is 3.48. The van der Waals surface area contributed by atoms with E-state index in [9.17, 15) is 0 Å². The third-order valence-corrected chi connectivity index (χ3v) is 6.85. The maximum absolute atomic E-state index is 6.27. The molecule has 1 aliphatic rings. The molecule has 0 heterocycles. The number of rotatable bonds is 0. The maximum Gasteiger partial charge on any atom is 0.0208 e. The third kappa shape index (κ3) is 9.50. The summed E-state index contributed by atoms with van der Waals surface area (Å²) >= 11 is 0. The van der Waals surface area contributed by atoms with Crippen molar-refractivity contribution in [3.63, 3.8) is 0 Å². The van der Waals surface area contributed by atoms with E-state index in [1.54, 1.807) is 0 Å². The number of nitrogens with two attached hydrogens (primary N) is 12. The second-order valence-corrected chi connectivity index (χ2v) is 9.72. The van der Waals surface area contributed by atoms with Crippen LogP contribution in [0.3, 0.4) is 0 Å². The predicted octanol–water partition coefficient (Wildman–Crippen LogP) is -5.34. The molecular weight excluding hydrogens is 396 g/mol. The van der Waals surface area contributed by atoms with E-state index in [2.05, 4.69) is 0 Å². The van der Waals surface area contributed by atoms with Crippen LogP contribution >= 0.6 is 0 Å². The van der Waals surface area contributed by atoms with Crippen LogP contribution in [0.4, 0.5) is 0 Å². The molecule has 0 aromatic heterocycles. The van der Waals surface area contributed by atoms with Crippen molar-refractivity contribution < 1.29 is 0 Å². The van der Waals surface area contributed by atoms with Gasteiger partial charge in [-0.15, -0.1) is 0 Å². The van der Waals surface area contributed by atoms with Crippen molar-refractivity contribution >= 4 is 0 Å². The van der Waals surface area contributed by atoms with Crippen LogP contribution < -0.4 is 68.8 Å². The Hall–Kier alpha value is -0.480. The minimum absolute atomic E-state index is 0.276. The summed E-state index contributed by atoms with van der Waals surface area (Å²) < 4.78 is 0. The molecule has 24 N–H and O–H groups in total. The first-order valence-corrected chi connectivity index (χ1v) is 11.4. The van der Waals surface area contributed by atoms with E-state index in [0.717, 1.165) is 0 Å². The van der Waals surface area contributed by atoms with Crippen LogP contribution in [-0.2, 0) is 0 Å². The van der Waals surface area contributed by atoms with Gasteiger partial charge in [0.25, 0.3) is 0 Å². The first-order valence-electron chi connectivity index (χ1n) is 11.4. The Labute approximate surface area is 186 Å². The fraction of sp³-hybridized carbons (Fsp3) is 1.00. The van der Waals surface area contributed by atoms with Gasteiger partial charge < -0.3 is 68.8 Å². The topological polar surface area (TPSA) is 312 Å². The molecule has 186 valence electrons. The smallest absolute Gasteiger partial charge is 0.0208 e. The van der Waals surface area contributed by atoms with Gasteiger partial charge in [-0.05, 0) is 44.9 Å². The lowest BCUT2D eigenvalue weighted by Crippen LogP contribution is -2.56. The van der Waals surface area contributed by atoms with E-state index in [4.69, 9.17) is 68.8 Å². The lowest BCUT2D eigenvalue weighted by atomic mass is 9.87. The van der Waals surface area contributed by atoms with Gasteiger partial charge in [-0.2, -0.15) is 0 Å². The summed E-state index contributed by atoms with van der Waals surface area (Å²) in [5.41, 5.74) is 75.2. The Morgan fingerprint density at radius 3 is 0.516 bits per heavy atom. The highest BCUT2D eigenvalue weighted by Gasteiger charge is 2.29. The van der Waals surface area contributed by atoms with Gasteiger partial charge in [0.15, 0.2) is 0 Å². The van der Waals surface area contributed by atoms with Crippen molar-refractivity contribution in [1.29, 1.82) is 0 Å². The highest BCUT2D eigenvalue weighted by molar-refractivity contribution is 4.94. The van der Waals surface area contributed by atoms with Crippen LogP contribution in [0.5, 0.6) is 0 Å². The third-order valence-electron chi connectivity index (χ3n) is 6.85. The van der Waals surface area contributed by atoms with Crippen LogP contribution in [-0.4, -0.2) is 72.5 Å². The molecule has 1 aliphatic carbocycles. The summed E-state index contributed by atoms with van der Waals surface area (Å²) in [5.74, 6) is 0. The molecule has 12 nitrogen and oxygen atoms in total. The average molecular weight is 447 g/mol. The van der Waals surface area contributed by atoms with Crippen molar-refractivity contribution in [3.8, 4) is 0 Å². The number of hydrogen-bond acceptors (Lipinski definition) is 12. The van der Waals surface area contributed by atoms with Gasteiger partial charge >= 0.3 is 0 Å². The van der Waals surface area contributed by atoms with E-state index >= 15 is 0 Å². The van der Waals surface area contributed by atoms with Gasteiger partial charge in [0.05, 0.1) is 0 Å².